The maximum atomic E-state index is 5.86. The van der Waals surface area contributed by atoms with Crippen LogP contribution in [0.25, 0.3) is 0 Å². The van der Waals surface area contributed by atoms with Crippen LogP contribution in [0, 0.1) is 0 Å². The third-order valence-corrected chi connectivity index (χ3v) is 2.16. The van der Waals surface area contributed by atoms with Crippen molar-refractivity contribution in [3.63, 3.8) is 0 Å². The Kier molecular flexibility index (Phi) is 11.6. The number of rotatable bonds is 5. The van der Waals surface area contributed by atoms with E-state index in [4.69, 9.17) is 17.4 Å². The van der Waals surface area contributed by atoms with Crippen LogP contribution >= 0.6 is 36.4 Å². The second kappa shape index (κ2) is 10.1. The van der Waals surface area contributed by atoms with E-state index in [1.807, 2.05) is 31.3 Å². The lowest BCUT2D eigenvalue weighted by Crippen LogP contribution is -2.35. The third kappa shape index (κ3) is 7.28. The van der Waals surface area contributed by atoms with Crippen LogP contribution in [-0.2, 0) is 6.54 Å². The molecule has 0 aliphatic heterocycles. The molecule has 0 saturated carbocycles. The highest BCUT2D eigenvalue weighted by atomic mass is 35.5. The molecule has 1 aromatic carbocycles. The number of hydrogen-bond acceptors (Lipinski definition) is 3. The van der Waals surface area contributed by atoms with Crippen molar-refractivity contribution in [1.82, 2.24) is 10.3 Å². The van der Waals surface area contributed by atoms with E-state index in [-0.39, 0.29) is 24.8 Å². The summed E-state index contributed by atoms with van der Waals surface area (Å²) < 4.78 is 0. The van der Waals surface area contributed by atoms with Crippen LogP contribution in [0.4, 0.5) is 0 Å². The summed E-state index contributed by atoms with van der Waals surface area (Å²) >= 11 is 5.86. The average molecular weight is 287 g/mol. The molecule has 0 aliphatic carbocycles. The fourth-order valence-corrected chi connectivity index (χ4v) is 1.42. The smallest absolute Gasteiger partial charge is 0.0409 e. The normalized spacial score (nSPS) is 9.50. The first-order valence-corrected chi connectivity index (χ1v) is 4.99. The van der Waals surface area contributed by atoms with Crippen LogP contribution in [0.5, 0.6) is 0 Å². The maximum Gasteiger partial charge on any atom is 0.0409 e. The number of likely N-dealkylation sites (N-methyl/N-ethyl adjacent to an activating group) is 1. The predicted octanol–water partition coefficient (Wildman–Crippen LogP) is 2.08. The average Bonchev–Trinajstić information content (AvgIpc) is 2.15. The maximum absolute atomic E-state index is 5.86. The van der Waals surface area contributed by atoms with Crippen molar-refractivity contribution in [2.75, 3.05) is 20.1 Å². The van der Waals surface area contributed by atoms with Gasteiger partial charge in [0.15, 0.2) is 0 Å². The second-order valence-electron chi connectivity index (χ2n) is 3.20. The van der Waals surface area contributed by atoms with Gasteiger partial charge in [-0.15, -0.1) is 24.8 Å². The van der Waals surface area contributed by atoms with Crippen LogP contribution in [0.3, 0.4) is 0 Å². The van der Waals surface area contributed by atoms with Gasteiger partial charge in [0.05, 0.1) is 0 Å². The molecule has 0 saturated heterocycles. The van der Waals surface area contributed by atoms with Gasteiger partial charge in [-0.05, 0) is 24.7 Å². The molecule has 0 heterocycles. The molecule has 3 N–H and O–H groups in total. The van der Waals surface area contributed by atoms with Gasteiger partial charge in [0.2, 0.25) is 0 Å². The lowest BCUT2D eigenvalue weighted by Gasteiger charge is -2.15. The van der Waals surface area contributed by atoms with Crippen molar-refractivity contribution < 1.29 is 0 Å². The zero-order valence-electron chi connectivity index (χ0n) is 9.15. The molecule has 6 heteroatoms. The Bertz CT molecular complexity index is 284. The Morgan fingerprint density at radius 3 is 2.62 bits per heavy atom. The third-order valence-electron chi connectivity index (χ3n) is 1.92. The summed E-state index contributed by atoms with van der Waals surface area (Å²) in [6, 6.07) is 7.75. The number of halogens is 3. The number of hydrogen-bond donors (Lipinski definition) is 2. The molecule has 0 unspecified atom stereocenters. The summed E-state index contributed by atoms with van der Waals surface area (Å²) in [6.45, 7) is 2.43. The number of nitrogens with zero attached hydrogens (tertiary/aromatic N) is 1. The van der Waals surface area contributed by atoms with E-state index in [0.29, 0.717) is 0 Å². The lowest BCUT2D eigenvalue weighted by atomic mass is 10.2. The van der Waals surface area contributed by atoms with Crippen molar-refractivity contribution in [1.29, 1.82) is 0 Å². The van der Waals surface area contributed by atoms with E-state index in [1.165, 1.54) is 0 Å². The van der Waals surface area contributed by atoms with E-state index < -0.39 is 0 Å². The molecular weight excluding hydrogens is 268 g/mol. The zero-order chi connectivity index (χ0) is 10.4. The summed E-state index contributed by atoms with van der Waals surface area (Å²) in [7, 11) is 1.91. The first kappa shape index (κ1) is 18.3. The molecule has 16 heavy (non-hydrogen) atoms. The molecule has 1 rings (SSSR count). The standard InChI is InChI=1S/C10H16ClN3.2ClH/c1-13-5-6-14(12)8-9-3-2-4-10(11)7-9;;/h2-4,7,13H,5-6,8,12H2,1H3;2*1H. The summed E-state index contributed by atoms with van der Waals surface area (Å²) in [5, 5.41) is 5.57. The summed E-state index contributed by atoms with van der Waals surface area (Å²) in [4.78, 5) is 0. The Balaban J connectivity index is 0. The Labute approximate surface area is 114 Å². The van der Waals surface area contributed by atoms with E-state index >= 15 is 0 Å². The van der Waals surface area contributed by atoms with Crippen molar-refractivity contribution in [3.05, 3.63) is 34.9 Å². The van der Waals surface area contributed by atoms with Crippen LogP contribution in [0.1, 0.15) is 5.56 Å². The quantitative estimate of drug-likeness (QED) is 0.643. The number of hydrazine groups is 1. The highest BCUT2D eigenvalue weighted by Crippen LogP contribution is 2.11. The largest absolute Gasteiger partial charge is 0.318 e. The summed E-state index contributed by atoms with van der Waals surface area (Å²) in [5.41, 5.74) is 1.14. The molecule has 0 fully saturated rings. The van der Waals surface area contributed by atoms with Gasteiger partial charge in [-0.25, -0.2) is 5.01 Å². The molecule has 0 bridgehead atoms. The molecule has 0 aromatic heterocycles. The van der Waals surface area contributed by atoms with Crippen molar-refractivity contribution in [2.24, 2.45) is 5.84 Å². The molecule has 0 spiro atoms. The highest BCUT2D eigenvalue weighted by Gasteiger charge is 2.00. The molecule has 0 amide bonds. The Morgan fingerprint density at radius 1 is 1.38 bits per heavy atom. The lowest BCUT2D eigenvalue weighted by molar-refractivity contribution is 0.276. The SMILES string of the molecule is CNCCN(N)Cc1cccc(Cl)c1.Cl.Cl. The number of benzene rings is 1. The van der Waals surface area contributed by atoms with E-state index in [0.717, 1.165) is 30.2 Å². The second-order valence-corrected chi connectivity index (χ2v) is 3.64. The Hall–Kier alpha value is -0.0300. The number of nitrogens with one attached hydrogen (secondary N) is 1. The van der Waals surface area contributed by atoms with E-state index in [1.54, 1.807) is 5.01 Å². The Morgan fingerprint density at radius 2 is 2.06 bits per heavy atom. The highest BCUT2D eigenvalue weighted by molar-refractivity contribution is 6.30. The van der Waals surface area contributed by atoms with Gasteiger partial charge in [0, 0.05) is 24.7 Å². The van der Waals surface area contributed by atoms with Crippen LogP contribution in [0.2, 0.25) is 5.02 Å². The van der Waals surface area contributed by atoms with Crippen LogP contribution < -0.4 is 11.2 Å². The molecule has 3 nitrogen and oxygen atoms in total. The van der Waals surface area contributed by atoms with Crippen LogP contribution in [0.15, 0.2) is 24.3 Å². The predicted molar refractivity (Wildman–Crippen MR) is 74.5 cm³/mol. The van der Waals surface area contributed by atoms with Gasteiger partial charge in [-0.1, -0.05) is 23.7 Å². The summed E-state index contributed by atoms with van der Waals surface area (Å²) in [6.07, 6.45) is 0. The topological polar surface area (TPSA) is 41.3 Å². The molecule has 0 atom stereocenters. The molecule has 0 radical (unpaired) electrons. The van der Waals surface area contributed by atoms with E-state index in [9.17, 15) is 0 Å². The van der Waals surface area contributed by atoms with Crippen molar-refractivity contribution >= 4 is 36.4 Å². The molecule has 0 aliphatic rings. The monoisotopic (exact) mass is 285 g/mol. The van der Waals surface area contributed by atoms with Gasteiger partial charge in [0.25, 0.3) is 0 Å². The minimum Gasteiger partial charge on any atom is -0.318 e. The van der Waals surface area contributed by atoms with Gasteiger partial charge in [-0.3, -0.25) is 5.84 Å². The minimum atomic E-state index is 0. The fraction of sp³-hybridized carbons (Fsp3) is 0.400. The van der Waals surface area contributed by atoms with E-state index in [2.05, 4.69) is 5.32 Å². The number of nitrogens with two attached hydrogens (primary N) is 1. The summed E-state index contributed by atoms with van der Waals surface area (Å²) in [5.74, 6) is 5.79. The minimum absolute atomic E-state index is 0. The van der Waals surface area contributed by atoms with Crippen LogP contribution in [-0.4, -0.2) is 25.1 Å². The first-order valence-electron chi connectivity index (χ1n) is 4.61. The van der Waals surface area contributed by atoms with Crippen molar-refractivity contribution in [2.45, 2.75) is 6.54 Å². The fourth-order valence-electron chi connectivity index (χ4n) is 1.20. The molecular formula is C10H18Cl3N3. The van der Waals surface area contributed by atoms with Gasteiger partial charge < -0.3 is 5.32 Å². The van der Waals surface area contributed by atoms with Gasteiger partial charge in [0.1, 0.15) is 0 Å². The zero-order valence-corrected chi connectivity index (χ0v) is 11.5. The molecule has 94 valence electrons. The van der Waals surface area contributed by atoms with Crippen molar-refractivity contribution in [3.8, 4) is 0 Å². The van der Waals surface area contributed by atoms with Gasteiger partial charge >= 0.3 is 0 Å². The van der Waals surface area contributed by atoms with Gasteiger partial charge in [-0.2, -0.15) is 0 Å². The molecule has 1 aromatic rings. The first-order chi connectivity index (χ1) is 6.72.